The molecule has 3 heterocycles. The molecule has 0 aliphatic carbocycles. The SMILES string of the molecule is C1CN(C2CCOC2)CC2(C1)OCCO2. The van der Waals surface area contributed by atoms with Gasteiger partial charge in [-0.15, -0.1) is 0 Å². The highest BCUT2D eigenvalue weighted by atomic mass is 16.7. The van der Waals surface area contributed by atoms with Crippen LogP contribution in [0.5, 0.6) is 0 Å². The molecule has 0 aromatic rings. The van der Waals surface area contributed by atoms with E-state index >= 15 is 0 Å². The summed E-state index contributed by atoms with van der Waals surface area (Å²) in [5, 5.41) is 0. The maximum absolute atomic E-state index is 5.77. The van der Waals surface area contributed by atoms with E-state index in [1.165, 1.54) is 13.0 Å². The first-order valence-corrected chi connectivity index (χ1v) is 5.98. The molecule has 4 nitrogen and oxygen atoms in total. The summed E-state index contributed by atoms with van der Waals surface area (Å²) in [4.78, 5) is 2.49. The van der Waals surface area contributed by atoms with Crippen LogP contribution in [0, 0.1) is 0 Å². The summed E-state index contributed by atoms with van der Waals surface area (Å²) in [7, 11) is 0. The second kappa shape index (κ2) is 4.01. The normalized spacial score (nSPS) is 36.4. The minimum absolute atomic E-state index is 0.277. The molecule has 86 valence electrons. The third kappa shape index (κ3) is 1.91. The van der Waals surface area contributed by atoms with Crippen LogP contribution in [0.25, 0.3) is 0 Å². The zero-order valence-electron chi connectivity index (χ0n) is 9.11. The Labute approximate surface area is 90.5 Å². The highest BCUT2D eigenvalue weighted by Gasteiger charge is 2.42. The van der Waals surface area contributed by atoms with Gasteiger partial charge < -0.3 is 14.2 Å². The molecule has 0 saturated carbocycles. The van der Waals surface area contributed by atoms with Crippen molar-refractivity contribution in [2.45, 2.75) is 31.1 Å². The maximum atomic E-state index is 5.77. The van der Waals surface area contributed by atoms with Gasteiger partial charge in [-0.2, -0.15) is 0 Å². The van der Waals surface area contributed by atoms with Crippen molar-refractivity contribution in [3.8, 4) is 0 Å². The third-order valence-corrected chi connectivity index (χ3v) is 3.68. The van der Waals surface area contributed by atoms with Gasteiger partial charge >= 0.3 is 0 Å². The number of nitrogens with zero attached hydrogens (tertiary/aromatic N) is 1. The number of hydrogen-bond donors (Lipinski definition) is 0. The van der Waals surface area contributed by atoms with Gasteiger partial charge in [0, 0.05) is 19.1 Å². The van der Waals surface area contributed by atoms with Crippen molar-refractivity contribution in [2.24, 2.45) is 0 Å². The number of hydrogen-bond acceptors (Lipinski definition) is 4. The van der Waals surface area contributed by atoms with Crippen LogP contribution in [0.1, 0.15) is 19.3 Å². The highest BCUT2D eigenvalue weighted by molar-refractivity contribution is 4.88. The Hall–Kier alpha value is -0.160. The number of ether oxygens (including phenoxy) is 3. The summed E-state index contributed by atoms with van der Waals surface area (Å²) in [6, 6.07) is 0.593. The number of rotatable bonds is 1. The summed E-state index contributed by atoms with van der Waals surface area (Å²) in [6.45, 7) is 5.42. The zero-order chi connectivity index (χ0) is 10.1. The van der Waals surface area contributed by atoms with Gasteiger partial charge in [0.1, 0.15) is 0 Å². The molecule has 0 bridgehead atoms. The average Bonchev–Trinajstić information content (AvgIpc) is 2.89. The molecule has 1 unspecified atom stereocenters. The first kappa shape index (κ1) is 10.0. The lowest BCUT2D eigenvalue weighted by Gasteiger charge is -2.40. The molecule has 3 fully saturated rings. The Bertz CT molecular complexity index is 222. The quantitative estimate of drug-likeness (QED) is 0.639. The van der Waals surface area contributed by atoms with E-state index in [1.54, 1.807) is 0 Å². The predicted octanol–water partition coefficient (Wildman–Crippen LogP) is 0.614. The summed E-state index contributed by atoms with van der Waals surface area (Å²) < 4.78 is 17.0. The van der Waals surface area contributed by atoms with Crippen LogP contribution in [0.2, 0.25) is 0 Å². The Kier molecular flexibility index (Phi) is 2.68. The second-order valence-electron chi connectivity index (χ2n) is 4.70. The smallest absolute Gasteiger partial charge is 0.181 e. The molecule has 3 rings (SSSR count). The third-order valence-electron chi connectivity index (χ3n) is 3.68. The Balaban J connectivity index is 1.65. The van der Waals surface area contributed by atoms with E-state index in [1.807, 2.05) is 0 Å². The molecule has 1 atom stereocenters. The van der Waals surface area contributed by atoms with Crippen molar-refractivity contribution in [1.29, 1.82) is 0 Å². The molecular weight excluding hydrogens is 194 g/mol. The molecule has 0 N–H and O–H groups in total. The minimum atomic E-state index is -0.277. The second-order valence-corrected chi connectivity index (χ2v) is 4.70. The van der Waals surface area contributed by atoms with Crippen molar-refractivity contribution in [1.82, 2.24) is 4.90 Å². The van der Waals surface area contributed by atoms with Gasteiger partial charge in [-0.05, 0) is 19.4 Å². The van der Waals surface area contributed by atoms with Crippen LogP contribution >= 0.6 is 0 Å². The Morgan fingerprint density at radius 2 is 2.00 bits per heavy atom. The van der Waals surface area contributed by atoms with Crippen LogP contribution in [-0.2, 0) is 14.2 Å². The first-order chi connectivity index (χ1) is 7.38. The number of piperidine rings is 1. The van der Waals surface area contributed by atoms with Gasteiger partial charge in [0.15, 0.2) is 5.79 Å². The molecule has 0 aromatic carbocycles. The average molecular weight is 213 g/mol. The molecule has 0 aromatic heterocycles. The molecule has 15 heavy (non-hydrogen) atoms. The topological polar surface area (TPSA) is 30.9 Å². The lowest BCUT2D eigenvalue weighted by atomic mass is 10.0. The summed E-state index contributed by atoms with van der Waals surface area (Å²) in [5.74, 6) is -0.277. The zero-order valence-corrected chi connectivity index (χ0v) is 9.11. The molecule has 4 heteroatoms. The minimum Gasteiger partial charge on any atom is -0.380 e. The van der Waals surface area contributed by atoms with Crippen molar-refractivity contribution in [3.05, 3.63) is 0 Å². The summed E-state index contributed by atoms with van der Waals surface area (Å²) in [6.07, 6.45) is 3.39. The van der Waals surface area contributed by atoms with Crippen LogP contribution in [0.3, 0.4) is 0 Å². The van der Waals surface area contributed by atoms with Crippen molar-refractivity contribution in [2.75, 3.05) is 39.5 Å². The van der Waals surface area contributed by atoms with Crippen LogP contribution in [0.4, 0.5) is 0 Å². The van der Waals surface area contributed by atoms with E-state index in [4.69, 9.17) is 14.2 Å². The summed E-state index contributed by atoms with van der Waals surface area (Å²) >= 11 is 0. The molecule has 3 aliphatic heterocycles. The van der Waals surface area contributed by atoms with E-state index in [2.05, 4.69) is 4.90 Å². The predicted molar refractivity (Wildman–Crippen MR) is 54.7 cm³/mol. The Morgan fingerprint density at radius 1 is 1.13 bits per heavy atom. The van der Waals surface area contributed by atoms with Crippen molar-refractivity contribution in [3.63, 3.8) is 0 Å². The van der Waals surface area contributed by atoms with E-state index in [9.17, 15) is 0 Å². The fourth-order valence-corrected chi connectivity index (χ4v) is 2.87. The van der Waals surface area contributed by atoms with Crippen molar-refractivity contribution >= 4 is 0 Å². The van der Waals surface area contributed by atoms with E-state index in [0.717, 1.165) is 45.8 Å². The van der Waals surface area contributed by atoms with Gasteiger partial charge in [-0.3, -0.25) is 4.90 Å². The van der Waals surface area contributed by atoms with Crippen LogP contribution in [0.15, 0.2) is 0 Å². The monoisotopic (exact) mass is 213 g/mol. The lowest BCUT2D eigenvalue weighted by molar-refractivity contribution is -0.193. The first-order valence-electron chi connectivity index (χ1n) is 5.98. The molecule has 3 aliphatic rings. The van der Waals surface area contributed by atoms with Gasteiger partial charge in [0.25, 0.3) is 0 Å². The Morgan fingerprint density at radius 3 is 2.73 bits per heavy atom. The fourth-order valence-electron chi connectivity index (χ4n) is 2.87. The van der Waals surface area contributed by atoms with Gasteiger partial charge in [-0.25, -0.2) is 0 Å². The van der Waals surface area contributed by atoms with Gasteiger partial charge in [0.2, 0.25) is 0 Å². The van der Waals surface area contributed by atoms with Gasteiger partial charge in [-0.1, -0.05) is 0 Å². The summed E-state index contributed by atoms with van der Waals surface area (Å²) in [5.41, 5.74) is 0. The van der Waals surface area contributed by atoms with Gasteiger partial charge in [0.05, 0.1) is 26.4 Å². The van der Waals surface area contributed by atoms with E-state index < -0.39 is 0 Å². The maximum Gasteiger partial charge on any atom is 0.181 e. The molecular formula is C11H19NO3. The standard InChI is InChI=1S/C11H19NO3/c1-3-11(14-6-7-15-11)9-12(4-1)10-2-5-13-8-10/h10H,1-9H2. The molecule has 0 radical (unpaired) electrons. The fraction of sp³-hybridized carbons (Fsp3) is 1.00. The van der Waals surface area contributed by atoms with Crippen LogP contribution in [-0.4, -0.2) is 56.2 Å². The lowest BCUT2D eigenvalue weighted by Crippen LogP contribution is -2.52. The van der Waals surface area contributed by atoms with E-state index in [0.29, 0.717) is 6.04 Å². The molecule has 3 saturated heterocycles. The van der Waals surface area contributed by atoms with E-state index in [-0.39, 0.29) is 5.79 Å². The highest BCUT2D eigenvalue weighted by Crippen LogP contribution is 2.31. The molecule has 1 spiro atoms. The van der Waals surface area contributed by atoms with Crippen LogP contribution < -0.4 is 0 Å². The number of likely N-dealkylation sites (tertiary alicyclic amines) is 1. The molecule has 0 amide bonds. The van der Waals surface area contributed by atoms with Crippen molar-refractivity contribution < 1.29 is 14.2 Å². The largest absolute Gasteiger partial charge is 0.380 e.